The molecule has 1 aromatic rings. The highest BCUT2D eigenvalue weighted by Gasteiger charge is 2.31. The molecule has 1 saturated heterocycles. The van der Waals surface area contributed by atoms with Crippen LogP contribution in [0.2, 0.25) is 0 Å². The standard InChI is InChI=1S/C13H14N2O2/c1-9-6-7-17-12(9)13(16)15-11-5-3-2-4-10(11)8-14/h2-5,9,12H,6-7H2,1H3,(H,15,16). The van der Waals surface area contributed by atoms with E-state index in [2.05, 4.69) is 5.32 Å². The van der Waals surface area contributed by atoms with Crippen molar-refractivity contribution in [1.82, 2.24) is 0 Å². The summed E-state index contributed by atoms with van der Waals surface area (Å²) in [7, 11) is 0. The molecule has 4 nitrogen and oxygen atoms in total. The molecule has 1 amide bonds. The number of carbonyl (C=O) groups is 1. The number of nitrogens with zero attached hydrogens (tertiary/aromatic N) is 1. The summed E-state index contributed by atoms with van der Waals surface area (Å²) < 4.78 is 5.38. The van der Waals surface area contributed by atoms with Crippen molar-refractivity contribution >= 4 is 11.6 Å². The predicted molar refractivity (Wildman–Crippen MR) is 63.3 cm³/mol. The highest BCUT2D eigenvalue weighted by molar-refractivity contribution is 5.95. The average Bonchev–Trinajstić information content (AvgIpc) is 2.76. The van der Waals surface area contributed by atoms with E-state index < -0.39 is 6.10 Å². The molecule has 1 aromatic carbocycles. The Morgan fingerprint density at radius 2 is 2.29 bits per heavy atom. The fourth-order valence-corrected chi connectivity index (χ4v) is 1.92. The van der Waals surface area contributed by atoms with Crippen molar-refractivity contribution in [2.24, 2.45) is 5.92 Å². The molecule has 1 heterocycles. The summed E-state index contributed by atoms with van der Waals surface area (Å²) in [5, 5.41) is 11.7. The zero-order valence-electron chi connectivity index (χ0n) is 9.64. The van der Waals surface area contributed by atoms with Crippen LogP contribution in [-0.4, -0.2) is 18.6 Å². The molecule has 2 unspecified atom stereocenters. The lowest BCUT2D eigenvalue weighted by Crippen LogP contribution is -2.31. The lowest BCUT2D eigenvalue weighted by Gasteiger charge is -2.14. The van der Waals surface area contributed by atoms with E-state index in [1.807, 2.05) is 13.0 Å². The van der Waals surface area contributed by atoms with Crippen molar-refractivity contribution in [3.05, 3.63) is 29.8 Å². The largest absolute Gasteiger partial charge is 0.368 e. The summed E-state index contributed by atoms with van der Waals surface area (Å²) in [6.45, 7) is 2.62. The van der Waals surface area contributed by atoms with Gasteiger partial charge in [0.05, 0.1) is 11.3 Å². The minimum absolute atomic E-state index is 0.169. The molecule has 0 bridgehead atoms. The van der Waals surface area contributed by atoms with Gasteiger partial charge < -0.3 is 10.1 Å². The SMILES string of the molecule is CC1CCOC1C(=O)Nc1ccccc1C#N. The molecule has 0 spiro atoms. The number of nitrogens with one attached hydrogen (secondary N) is 1. The average molecular weight is 230 g/mol. The second-order valence-corrected chi connectivity index (χ2v) is 4.20. The Labute approximate surface area is 100 Å². The minimum atomic E-state index is -0.401. The molecule has 0 saturated carbocycles. The molecule has 0 aromatic heterocycles. The summed E-state index contributed by atoms with van der Waals surface area (Å²) in [6.07, 6.45) is 0.500. The number of para-hydroxylation sites is 1. The van der Waals surface area contributed by atoms with Crippen molar-refractivity contribution in [2.45, 2.75) is 19.4 Å². The Kier molecular flexibility index (Phi) is 3.40. The van der Waals surface area contributed by atoms with Crippen molar-refractivity contribution in [3.8, 4) is 6.07 Å². The lowest BCUT2D eigenvalue weighted by molar-refractivity contribution is -0.126. The molecule has 2 rings (SSSR count). The second kappa shape index (κ2) is 4.98. The highest BCUT2D eigenvalue weighted by atomic mass is 16.5. The normalized spacial score (nSPS) is 23.1. The fraction of sp³-hybridized carbons (Fsp3) is 0.385. The zero-order chi connectivity index (χ0) is 12.3. The van der Waals surface area contributed by atoms with Crippen LogP contribution in [0.25, 0.3) is 0 Å². The number of carbonyl (C=O) groups excluding carboxylic acids is 1. The van der Waals surface area contributed by atoms with E-state index in [-0.39, 0.29) is 11.8 Å². The summed E-state index contributed by atoms with van der Waals surface area (Å²) in [5.74, 6) is 0.0574. The zero-order valence-corrected chi connectivity index (χ0v) is 9.64. The molecule has 4 heteroatoms. The van der Waals surface area contributed by atoms with Gasteiger partial charge in [-0.05, 0) is 24.5 Å². The Morgan fingerprint density at radius 1 is 1.53 bits per heavy atom. The molecular formula is C13H14N2O2. The summed E-state index contributed by atoms with van der Waals surface area (Å²) in [5.41, 5.74) is 1.01. The third kappa shape index (κ3) is 2.45. The molecule has 2 atom stereocenters. The van der Waals surface area contributed by atoms with Crippen molar-refractivity contribution in [3.63, 3.8) is 0 Å². The van der Waals surface area contributed by atoms with Crippen LogP contribution in [0.1, 0.15) is 18.9 Å². The Balaban J connectivity index is 2.11. The second-order valence-electron chi connectivity index (χ2n) is 4.20. The van der Waals surface area contributed by atoms with Crippen LogP contribution in [0.3, 0.4) is 0 Å². The van der Waals surface area contributed by atoms with Gasteiger partial charge in [-0.2, -0.15) is 5.26 Å². The van der Waals surface area contributed by atoms with Crippen molar-refractivity contribution < 1.29 is 9.53 Å². The molecular weight excluding hydrogens is 216 g/mol. The third-order valence-corrected chi connectivity index (χ3v) is 2.95. The fourth-order valence-electron chi connectivity index (χ4n) is 1.92. The smallest absolute Gasteiger partial charge is 0.253 e. The predicted octanol–water partition coefficient (Wildman–Crippen LogP) is 1.92. The van der Waals surface area contributed by atoms with Gasteiger partial charge >= 0.3 is 0 Å². The van der Waals surface area contributed by atoms with Crippen LogP contribution in [-0.2, 0) is 9.53 Å². The van der Waals surface area contributed by atoms with Gasteiger partial charge in [0.1, 0.15) is 12.2 Å². The number of ether oxygens (including phenoxy) is 1. The summed E-state index contributed by atoms with van der Waals surface area (Å²) in [4.78, 5) is 11.9. The number of rotatable bonds is 2. The highest BCUT2D eigenvalue weighted by Crippen LogP contribution is 2.22. The number of amides is 1. The summed E-state index contributed by atoms with van der Waals surface area (Å²) in [6, 6.07) is 8.99. The van der Waals surface area contributed by atoms with Crippen LogP contribution in [0.4, 0.5) is 5.69 Å². The van der Waals surface area contributed by atoms with Crippen LogP contribution < -0.4 is 5.32 Å². The van der Waals surface area contributed by atoms with Gasteiger partial charge in [0.15, 0.2) is 0 Å². The molecule has 88 valence electrons. The topological polar surface area (TPSA) is 62.1 Å². The van der Waals surface area contributed by atoms with E-state index >= 15 is 0 Å². The van der Waals surface area contributed by atoms with Gasteiger partial charge in [-0.25, -0.2) is 0 Å². The quantitative estimate of drug-likeness (QED) is 0.844. The third-order valence-electron chi connectivity index (χ3n) is 2.95. The van der Waals surface area contributed by atoms with Gasteiger partial charge in [0.2, 0.25) is 0 Å². The van der Waals surface area contributed by atoms with E-state index in [0.29, 0.717) is 17.9 Å². The number of hydrogen-bond acceptors (Lipinski definition) is 3. The molecule has 17 heavy (non-hydrogen) atoms. The monoisotopic (exact) mass is 230 g/mol. The number of hydrogen-bond donors (Lipinski definition) is 1. The van der Waals surface area contributed by atoms with Gasteiger partial charge in [-0.1, -0.05) is 19.1 Å². The van der Waals surface area contributed by atoms with Crippen molar-refractivity contribution in [2.75, 3.05) is 11.9 Å². The van der Waals surface area contributed by atoms with Gasteiger partial charge in [-0.3, -0.25) is 4.79 Å². The minimum Gasteiger partial charge on any atom is -0.368 e. The van der Waals surface area contributed by atoms with E-state index in [1.165, 1.54) is 0 Å². The molecule has 1 fully saturated rings. The molecule has 0 radical (unpaired) electrons. The Bertz CT molecular complexity index is 465. The van der Waals surface area contributed by atoms with E-state index in [0.717, 1.165) is 6.42 Å². The first kappa shape index (κ1) is 11.6. The maximum Gasteiger partial charge on any atom is 0.253 e. The van der Waals surface area contributed by atoms with Gasteiger partial charge in [0.25, 0.3) is 5.91 Å². The van der Waals surface area contributed by atoms with Crippen molar-refractivity contribution in [1.29, 1.82) is 5.26 Å². The number of anilines is 1. The van der Waals surface area contributed by atoms with Crippen LogP contribution >= 0.6 is 0 Å². The maximum absolute atomic E-state index is 11.9. The van der Waals surface area contributed by atoms with Crippen LogP contribution in [0, 0.1) is 17.2 Å². The number of benzene rings is 1. The molecule has 0 aliphatic carbocycles. The number of nitriles is 1. The summed E-state index contributed by atoms with van der Waals surface area (Å²) >= 11 is 0. The molecule has 1 N–H and O–H groups in total. The van der Waals surface area contributed by atoms with Crippen LogP contribution in [0.5, 0.6) is 0 Å². The van der Waals surface area contributed by atoms with Gasteiger partial charge in [0, 0.05) is 6.61 Å². The molecule has 1 aliphatic rings. The first-order valence-corrected chi connectivity index (χ1v) is 5.64. The lowest BCUT2D eigenvalue weighted by atomic mass is 10.0. The molecule has 1 aliphatic heterocycles. The van der Waals surface area contributed by atoms with E-state index in [1.54, 1.807) is 24.3 Å². The van der Waals surface area contributed by atoms with Crippen LogP contribution in [0.15, 0.2) is 24.3 Å². The van der Waals surface area contributed by atoms with Gasteiger partial charge in [-0.15, -0.1) is 0 Å². The first-order chi connectivity index (χ1) is 8.22. The Morgan fingerprint density at radius 3 is 2.94 bits per heavy atom. The van der Waals surface area contributed by atoms with E-state index in [9.17, 15) is 4.79 Å². The maximum atomic E-state index is 11.9. The Hall–Kier alpha value is -1.86. The first-order valence-electron chi connectivity index (χ1n) is 5.64. The van der Waals surface area contributed by atoms with E-state index in [4.69, 9.17) is 10.00 Å².